The molecule has 0 aliphatic heterocycles. The van der Waals surface area contributed by atoms with E-state index < -0.39 is 38.6 Å². The van der Waals surface area contributed by atoms with E-state index in [1.165, 1.54) is 19.3 Å². The van der Waals surface area contributed by atoms with E-state index in [1.807, 2.05) is 63.7 Å². The van der Waals surface area contributed by atoms with Crippen molar-refractivity contribution in [3.8, 4) is 0 Å². The molecule has 0 radical (unpaired) electrons. The second-order valence-corrected chi connectivity index (χ2v) is 16.6. The number of carbonyl (C=O) groups is 2. The predicted octanol–water partition coefficient (Wildman–Crippen LogP) is 10.7. The number of carbonyl (C=O) groups excluding carboxylic acids is 2. The van der Waals surface area contributed by atoms with Gasteiger partial charge in [-0.2, -0.15) is 0 Å². The fourth-order valence-corrected chi connectivity index (χ4v) is 5.67. The third kappa shape index (κ3) is 42.6. The summed E-state index contributed by atoms with van der Waals surface area (Å²) in [5.74, 6) is -1.02. The van der Waals surface area contributed by atoms with E-state index in [-0.39, 0.29) is 26.1 Å². The summed E-state index contributed by atoms with van der Waals surface area (Å²) in [6.07, 6.45) is 48.7. The summed E-state index contributed by atoms with van der Waals surface area (Å²) in [5.41, 5.74) is 0. The second kappa shape index (κ2) is 38.8. The van der Waals surface area contributed by atoms with Gasteiger partial charge in [-0.25, -0.2) is 0 Å². The van der Waals surface area contributed by atoms with Crippen molar-refractivity contribution in [3.63, 3.8) is 0 Å². The molecule has 0 aromatic carbocycles. The maximum absolute atomic E-state index is 12.7. The Kier molecular flexibility index (Phi) is 36.6. The molecule has 0 saturated heterocycles. The molecule has 3 atom stereocenters. The van der Waals surface area contributed by atoms with Crippen LogP contribution in [0.4, 0.5) is 0 Å². The molecular weight excluding hydrogens is 765 g/mol. The van der Waals surface area contributed by atoms with Crippen molar-refractivity contribution in [2.24, 2.45) is 0 Å². The molecule has 1 unspecified atom stereocenters. The Balaban J connectivity index is 4.65. The van der Waals surface area contributed by atoms with Gasteiger partial charge >= 0.3 is 11.9 Å². The molecule has 334 valence electrons. The van der Waals surface area contributed by atoms with E-state index in [0.717, 1.165) is 38.5 Å². The van der Waals surface area contributed by atoms with Gasteiger partial charge in [0.1, 0.15) is 19.8 Å². The zero-order chi connectivity index (χ0) is 43.7. The van der Waals surface area contributed by atoms with Crippen LogP contribution in [0.5, 0.6) is 0 Å². The standard InChI is InChI=1S/C48H78NO9P/c1-6-8-10-12-14-15-16-17-18-19-20-21-22-23-27-31-35-39-47(51)55-43-46(44-57-59(53,54)56-42-41-49(3,4)5)58-48(52)40-36-32-28-24-26-30-34-38-45(50)37-33-29-25-13-11-9-7-2/h8,10,14-15,17-18,20-21,23-25,27-30,33-34,37,45-46,50H,6-7,9,11-13,16,19,22,26,31-32,35-36,38-44H2,1-5H3/b10-8-,15-14-,18-17-,21-20-,27-23-,28-24+,29-25-,34-30-,37-33-/t45-,46+/m0/s1. The van der Waals surface area contributed by atoms with Crippen molar-refractivity contribution < 1.29 is 47.2 Å². The number of allylic oxidation sites excluding steroid dienone is 16. The summed E-state index contributed by atoms with van der Waals surface area (Å²) < 4.78 is 33.7. The van der Waals surface area contributed by atoms with Gasteiger partial charge in [0.05, 0.1) is 33.9 Å². The molecule has 0 spiro atoms. The van der Waals surface area contributed by atoms with E-state index in [1.54, 1.807) is 6.08 Å². The van der Waals surface area contributed by atoms with Gasteiger partial charge in [-0.05, 0) is 83.5 Å². The van der Waals surface area contributed by atoms with Crippen LogP contribution in [0.1, 0.15) is 123 Å². The summed E-state index contributed by atoms with van der Waals surface area (Å²) in [6.45, 7) is 3.82. The first kappa shape index (κ1) is 55.6. The number of likely N-dealkylation sites (N-methyl/N-ethyl adjacent to an activating group) is 1. The fourth-order valence-electron chi connectivity index (χ4n) is 4.94. The van der Waals surface area contributed by atoms with Gasteiger partial charge in [0.15, 0.2) is 6.10 Å². The molecule has 1 N–H and O–H groups in total. The van der Waals surface area contributed by atoms with Gasteiger partial charge in [-0.3, -0.25) is 14.2 Å². The van der Waals surface area contributed by atoms with Gasteiger partial charge in [-0.1, -0.05) is 136 Å². The van der Waals surface area contributed by atoms with E-state index in [2.05, 4.69) is 74.6 Å². The number of ether oxygens (including phenoxy) is 2. The number of aliphatic hydroxyl groups is 1. The van der Waals surface area contributed by atoms with E-state index >= 15 is 0 Å². The number of aliphatic hydroxyl groups excluding tert-OH is 1. The number of hydrogen-bond acceptors (Lipinski definition) is 9. The normalized spacial score (nSPS) is 15.2. The molecule has 0 aromatic rings. The lowest BCUT2D eigenvalue weighted by Crippen LogP contribution is -2.37. The van der Waals surface area contributed by atoms with Crippen LogP contribution in [-0.2, 0) is 32.7 Å². The van der Waals surface area contributed by atoms with E-state index in [9.17, 15) is 24.2 Å². The third-order valence-electron chi connectivity index (χ3n) is 8.36. The largest absolute Gasteiger partial charge is 0.756 e. The average molecular weight is 844 g/mol. The van der Waals surface area contributed by atoms with Crippen molar-refractivity contribution >= 4 is 19.8 Å². The van der Waals surface area contributed by atoms with Crippen LogP contribution in [0.2, 0.25) is 0 Å². The number of rotatable bonds is 37. The molecule has 0 fully saturated rings. The Morgan fingerprint density at radius 2 is 1.17 bits per heavy atom. The highest BCUT2D eigenvalue weighted by molar-refractivity contribution is 7.45. The quantitative estimate of drug-likeness (QED) is 0.0162. The lowest BCUT2D eigenvalue weighted by atomic mass is 10.2. The first-order valence-corrected chi connectivity index (χ1v) is 23.2. The van der Waals surface area contributed by atoms with Crippen molar-refractivity contribution in [1.29, 1.82) is 0 Å². The highest BCUT2D eigenvalue weighted by Gasteiger charge is 2.21. The Hall–Kier alpha value is -3.37. The minimum absolute atomic E-state index is 0.0681. The minimum atomic E-state index is -4.68. The molecule has 0 saturated carbocycles. The molecule has 59 heavy (non-hydrogen) atoms. The zero-order valence-corrected chi connectivity index (χ0v) is 37.9. The summed E-state index contributed by atoms with van der Waals surface area (Å²) in [6, 6.07) is 0. The van der Waals surface area contributed by atoms with Crippen molar-refractivity contribution in [2.45, 2.75) is 135 Å². The maximum Gasteiger partial charge on any atom is 0.306 e. The Morgan fingerprint density at radius 1 is 0.644 bits per heavy atom. The monoisotopic (exact) mass is 844 g/mol. The average Bonchev–Trinajstić information content (AvgIpc) is 3.18. The van der Waals surface area contributed by atoms with Crippen LogP contribution in [0.3, 0.4) is 0 Å². The van der Waals surface area contributed by atoms with Crippen LogP contribution in [0.15, 0.2) is 109 Å². The van der Waals surface area contributed by atoms with Crippen LogP contribution >= 0.6 is 7.82 Å². The van der Waals surface area contributed by atoms with E-state index in [4.69, 9.17) is 18.5 Å². The van der Waals surface area contributed by atoms with Crippen LogP contribution in [0, 0.1) is 0 Å². The molecular formula is C48H78NO9P. The summed E-state index contributed by atoms with van der Waals surface area (Å²) in [5, 5.41) is 10.1. The van der Waals surface area contributed by atoms with Gasteiger partial charge in [0, 0.05) is 12.8 Å². The van der Waals surface area contributed by atoms with Crippen molar-refractivity contribution in [3.05, 3.63) is 109 Å². The van der Waals surface area contributed by atoms with Gasteiger partial charge in [0.25, 0.3) is 7.82 Å². The van der Waals surface area contributed by atoms with Crippen LogP contribution in [0.25, 0.3) is 0 Å². The first-order valence-electron chi connectivity index (χ1n) is 21.7. The molecule has 0 aliphatic carbocycles. The lowest BCUT2D eigenvalue weighted by Gasteiger charge is -2.28. The number of nitrogens with zero attached hydrogens (tertiary/aromatic N) is 1. The molecule has 11 heteroatoms. The van der Waals surface area contributed by atoms with Gasteiger partial charge in [-0.15, -0.1) is 0 Å². The minimum Gasteiger partial charge on any atom is -0.756 e. The van der Waals surface area contributed by atoms with Gasteiger partial charge < -0.3 is 33.0 Å². The molecule has 0 amide bonds. The number of quaternary nitrogens is 1. The summed E-state index contributed by atoms with van der Waals surface area (Å²) in [7, 11) is 1.04. The fraction of sp³-hybridized carbons (Fsp3) is 0.583. The van der Waals surface area contributed by atoms with Crippen LogP contribution < -0.4 is 4.89 Å². The van der Waals surface area contributed by atoms with Gasteiger partial charge in [0.2, 0.25) is 0 Å². The highest BCUT2D eigenvalue weighted by atomic mass is 31.2. The molecule has 0 bridgehead atoms. The Morgan fingerprint density at radius 3 is 1.73 bits per heavy atom. The molecule has 10 nitrogen and oxygen atoms in total. The lowest BCUT2D eigenvalue weighted by molar-refractivity contribution is -0.870. The molecule has 0 rings (SSSR count). The number of hydrogen-bond donors (Lipinski definition) is 1. The van der Waals surface area contributed by atoms with E-state index in [0.29, 0.717) is 49.6 Å². The van der Waals surface area contributed by atoms with Crippen LogP contribution in [-0.4, -0.2) is 81.2 Å². The molecule has 0 aliphatic rings. The number of phosphoric ester groups is 1. The maximum atomic E-state index is 12.7. The molecule has 0 heterocycles. The second-order valence-electron chi connectivity index (χ2n) is 15.2. The number of esters is 2. The SMILES string of the molecule is CC/C=C\C/C=C\C/C=C\C/C=C\C/C=C\CCCC(=O)OC[C@H](COP(=O)([O-])OCC[N+](C)(C)C)OC(=O)CCC/C=C/C/C=C\C[C@@H](O)/C=C\C=C/CCCCC. The summed E-state index contributed by atoms with van der Waals surface area (Å²) >= 11 is 0. The third-order valence-corrected chi connectivity index (χ3v) is 9.32. The first-order chi connectivity index (χ1) is 28.4. The number of unbranched alkanes of at least 4 members (excludes halogenated alkanes) is 5. The smallest absolute Gasteiger partial charge is 0.306 e. The highest BCUT2D eigenvalue weighted by Crippen LogP contribution is 2.38. The van der Waals surface area contributed by atoms with Crippen molar-refractivity contribution in [1.82, 2.24) is 0 Å². The Labute approximate surface area is 358 Å². The predicted molar refractivity (Wildman–Crippen MR) is 241 cm³/mol. The number of phosphoric acid groups is 1. The molecule has 0 aromatic heterocycles. The zero-order valence-electron chi connectivity index (χ0n) is 37.0. The topological polar surface area (TPSA) is 131 Å². The Bertz CT molecular complexity index is 1380. The summed E-state index contributed by atoms with van der Waals surface area (Å²) in [4.78, 5) is 37.5. The van der Waals surface area contributed by atoms with Crippen molar-refractivity contribution in [2.75, 3.05) is 47.5 Å².